The number of benzene rings is 1. The third-order valence-corrected chi connectivity index (χ3v) is 5.30. The second kappa shape index (κ2) is 7.46. The molecule has 1 aliphatic rings. The van der Waals surface area contributed by atoms with Crippen LogP contribution in [0, 0.1) is 6.92 Å². The van der Waals surface area contributed by atoms with Crippen LogP contribution in [0.3, 0.4) is 0 Å². The molecular weight excluding hydrogens is 383 g/mol. The van der Waals surface area contributed by atoms with Crippen LogP contribution in [-0.4, -0.2) is 43.5 Å². The first-order chi connectivity index (χ1) is 13.8. The van der Waals surface area contributed by atoms with Crippen LogP contribution < -0.4 is 0 Å². The Balaban J connectivity index is 1.45. The largest absolute Gasteiger partial charge is 0.433 e. The molecular formula is C20H20F3N5O. The van der Waals surface area contributed by atoms with Crippen molar-refractivity contribution in [2.75, 3.05) is 13.1 Å². The molecule has 152 valence electrons. The Morgan fingerprint density at radius 2 is 1.86 bits per heavy atom. The molecule has 0 spiro atoms. The van der Waals surface area contributed by atoms with E-state index in [1.165, 1.54) is 0 Å². The summed E-state index contributed by atoms with van der Waals surface area (Å²) in [6.07, 6.45) is -2.03. The molecule has 0 radical (unpaired) electrons. The van der Waals surface area contributed by atoms with Crippen LogP contribution in [0.15, 0.2) is 36.7 Å². The van der Waals surface area contributed by atoms with Crippen molar-refractivity contribution in [2.45, 2.75) is 38.3 Å². The number of hydrogen-bond donors (Lipinski definition) is 0. The van der Waals surface area contributed by atoms with Gasteiger partial charge < -0.3 is 4.90 Å². The molecule has 9 heteroatoms. The van der Waals surface area contributed by atoms with E-state index in [9.17, 15) is 18.0 Å². The van der Waals surface area contributed by atoms with E-state index >= 15 is 0 Å². The number of nitrogens with zero attached hydrogens (tertiary/aromatic N) is 5. The summed E-state index contributed by atoms with van der Waals surface area (Å²) in [5, 5.41) is 3.62. The van der Waals surface area contributed by atoms with Crippen molar-refractivity contribution in [1.82, 2.24) is 24.5 Å². The summed E-state index contributed by atoms with van der Waals surface area (Å²) in [5.41, 5.74) is 1.56. The number of fused-ring (bicyclic) bond motifs is 1. The number of carbonyl (C=O) groups is 1. The highest BCUT2D eigenvalue weighted by Gasteiger charge is 2.36. The monoisotopic (exact) mass is 403 g/mol. The number of rotatable bonds is 3. The van der Waals surface area contributed by atoms with Gasteiger partial charge in [-0.25, -0.2) is 4.98 Å². The molecule has 1 aromatic carbocycles. The molecule has 1 fully saturated rings. The minimum Gasteiger partial charge on any atom is -0.342 e. The van der Waals surface area contributed by atoms with Gasteiger partial charge >= 0.3 is 6.18 Å². The van der Waals surface area contributed by atoms with Crippen LogP contribution in [-0.2, 0) is 17.4 Å². The van der Waals surface area contributed by atoms with Crippen LogP contribution in [0.25, 0.3) is 5.78 Å². The zero-order chi connectivity index (χ0) is 20.6. The summed E-state index contributed by atoms with van der Waals surface area (Å²) >= 11 is 0. The van der Waals surface area contributed by atoms with Gasteiger partial charge in [-0.3, -0.25) is 4.79 Å². The highest BCUT2D eigenvalue weighted by molar-refractivity contribution is 5.78. The molecule has 0 saturated carbocycles. The van der Waals surface area contributed by atoms with E-state index in [4.69, 9.17) is 0 Å². The number of likely N-dealkylation sites (tertiary alicyclic amines) is 1. The third-order valence-electron chi connectivity index (χ3n) is 5.30. The first-order valence-electron chi connectivity index (χ1n) is 9.42. The van der Waals surface area contributed by atoms with Gasteiger partial charge in [0.25, 0.3) is 5.78 Å². The lowest BCUT2D eigenvalue weighted by Crippen LogP contribution is -2.39. The van der Waals surface area contributed by atoms with E-state index in [1.807, 2.05) is 31.2 Å². The minimum absolute atomic E-state index is 0.0316. The fourth-order valence-electron chi connectivity index (χ4n) is 3.66. The molecule has 2 aromatic heterocycles. The zero-order valence-corrected chi connectivity index (χ0v) is 15.9. The van der Waals surface area contributed by atoms with E-state index in [-0.39, 0.29) is 17.6 Å². The summed E-state index contributed by atoms with van der Waals surface area (Å²) < 4.78 is 40.8. The second-order valence-corrected chi connectivity index (χ2v) is 7.35. The highest BCUT2D eigenvalue weighted by Crippen LogP contribution is 2.33. The van der Waals surface area contributed by atoms with E-state index in [0.717, 1.165) is 23.5 Å². The van der Waals surface area contributed by atoms with Crippen LogP contribution in [0.5, 0.6) is 0 Å². The standard InChI is InChI=1S/C20H20F3N5O/c1-13-2-4-14(5-3-13)10-18(29)27-8-6-15(7-9-27)16-11-17(20(21,22)23)28-19(26-16)24-12-25-28/h2-5,11-12,15H,6-10H2,1H3. The van der Waals surface area contributed by atoms with Crippen molar-refractivity contribution in [1.29, 1.82) is 0 Å². The SMILES string of the molecule is Cc1ccc(CC(=O)N2CCC(c3cc(C(F)(F)F)n4ncnc4n3)CC2)cc1. The third kappa shape index (κ3) is 4.08. The molecule has 6 nitrogen and oxygen atoms in total. The zero-order valence-electron chi connectivity index (χ0n) is 15.9. The fraction of sp³-hybridized carbons (Fsp3) is 0.400. The van der Waals surface area contributed by atoms with Crippen molar-refractivity contribution in [3.63, 3.8) is 0 Å². The van der Waals surface area contributed by atoms with Crippen LogP contribution in [0.1, 0.15) is 41.3 Å². The van der Waals surface area contributed by atoms with E-state index in [1.54, 1.807) is 4.90 Å². The number of carbonyl (C=O) groups excluding carboxylic acids is 1. The number of aryl methyl sites for hydroxylation is 1. The first kappa shape index (κ1) is 19.4. The summed E-state index contributed by atoms with van der Waals surface area (Å²) in [6.45, 7) is 2.98. The predicted octanol–water partition coefficient (Wildman–Crippen LogP) is 3.40. The van der Waals surface area contributed by atoms with Crippen LogP contribution >= 0.6 is 0 Å². The second-order valence-electron chi connectivity index (χ2n) is 7.35. The van der Waals surface area contributed by atoms with Crippen molar-refractivity contribution in [3.05, 3.63) is 59.2 Å². The number of piperidine rings is 1. The van der Waals surface area contributed by atoms with Gasteiger partial charge in [-0.1, -0.05) is 29.8 Å². The minimum atomic E-state index is -4.55. The van der Waals surface area contributed by atoms with Gasteiger partial charge in [0.15, 0.2) is 5.69 Å². The predicted molar refractivity (Wildman–Crippen MR) is 99.2 cm³/mol. The molecule has 1 aliphatic heterocycles. The van der Waals surface area contributed by atoms with Gasteiger partial charge in [0, 0.05) is 24.7 Å². The number of amides is 1. The lowest BCUT2D eigenvalue weighted by Gasteiger charge is -2.32. The maximum absolute atomic E-state index is 13.4. The summed E-state index contributed by atoms with van der Waals surface area (Å²) in [6, 6.07) is 8.88. The Kier molecular flexibility index (Phi) is 4.97. The Hall–Kier alpha value is -2.97. The summed E-state index contributed by atoms with van der Waals surface area (Å²) in [4.78, 5) is 22.4. The van der Waals surface area contributed by atoms with Crippen molar-refractivity contribution in [3.8, 4) is 0 Å². The Bertz CT molecular complexity index is 1020. The number of hydrogen-bond acceptors (Lipinski definition) is 4. The molecule has 1 saturated heterocycles. The van der Waals surface area contributed by atoms with Crippen molar-refractivity contribution in [2.24, 2.45) is 0 Å². The number of alkyl halides is 3. The normalized spacial score (nSPS) is 15.8. The van der Waals surface area contributed by atoms with Crippen LogP contribution in [0.4, 0.5) is 13.2 Å². The molecule has 3 aromatic rings. The Morgan fingerprint density at radius 1 is 1.17 bits per heavy atom. The van der Waals surface area contributed by atoms with Gasteiger partial charge in [0.05, 0.1) is 6.42 Å². The summed E-state index contributed by atoms with van der Waals surface area (Å²) in [7, 11) is 0. The Morgan fingerprint density at radius 3 is 2.52 bits per heavy atom. The van der Waals surface area contributed by atoms with E-state index in [2.05, 4.69) is 15.1 Å². The quantitative estimate of drug-likeness (QED) is 0.673. The average Bonchev–Trinajstić information content (AvgIpc) is 3.17. The van der Waals surface area contributed by atoms with Crippen molar-refractivity contribution >= 4 is 11.7 Å². The number of halogens is 3. The highest BCUT2D eigenvalue weighted by atomic mass is 19.4. The first-order valence-corrected chi connectivity index (χ1v) is 9.42. The average molecular weight is 403 g/mol. The maximum Gasteiger partial charge on any atom is 0.433 e. The van der Waals surface area contributed by atoms with Gasteiger partial charge in [0.1, 0.15) is 6.33 Å². The van der Waals surface area contributed by atoms with Gasteiger partial charge in [-0.2, -0.15) is 27.8 Å². The molecule has 1 amide bonds. The van der Waals surface area contributed by atoms with Gasteiger partial charge in [-0.15, -0.1) is 0 Å². The molecule has 0 atom stereocenters. The smallest absolute Gasteiger partial charge is 0.342 e. The molecule has 0 unspecified atom stereocenters. The van der Waals surface area contributed by atoms with Gasteiger partial charge in [0.2, 0.25) is 5.91 Å². The van der Waals surface area contributed by atoms with E-state index < -0.39 is 11.9 Å². The van der Waals surface area contributed by atoms with Crippen LogP contribution in [0.2, 0.25) is 0 Å². The molecule has 4 rings (SSSR count). The molecule has 0 N–H and O–H groups in total. The topological polar surface area (TPSA) is 63.4 Å². The lowest BCUT2D eigenvalue weighted by atomic mass is 9.92. The maximum atomic E-state index is 13.4. The molecule has 0 aliphatic carbocycles. The lowest BCUT2D eigenvalue weighted by molar-refractivity contribution is -0.142. The fourth-order valence-corrected chi connectivity index (χ4v) is 3.66. The summed E-state index contributed by atoms with van der Waals surface area (Å²) in [5.74, 6) is -0.182. The molecule has 29 heavy (non-hydrogen) atoms. The Labute approximate surface area is 165 Å². The molecule has 3 heterocycles. The number of aromatic nitrogens is 4. The van der Waals surface area contributed by atoms with Gasteiger partial charge in [-0.05, 0) is 31.4 Å². The van der Waals surface area contributed by atoms with Crippen molar-refractivity contribution < 1.29 is 18.0 Å². The van der Waals surface area contributed by atoms with E-state index in [0.29, 0.717) is 42.6 Å². The molecule has 0 bridgehead atoms.